The summed E-state index contributed by atoms with van der Waals surface area (Å²) in [4.78, 5) is 0. The number of nitrogens with zero attached hydrogens (tertiary/aromatic N) is 2. The SMILES string of the molecule is Cc1cc(C(N)=NO)c(-c2ccccc2OC(F)(F)F)c(-c2ccc(O)cc2)c1.Cc1ccc(Cl)c(-c2c(C(N)=NO)cc(C)cc2-c2ccc(O)cc2)c1. The second kappa shape index (κ2) is 16.6. The molecular weight excluding hydrogens is 733 g/mol. The predicted octanol–water partition coefficient (Wildman–Crippen LogP) is 10.1. The molecule has 0 aliphatic heterocycles. The summed E-state index contributed by atoms with van der Waals surface area (Å²) in [6.45, 7) is 5.71. The lowest BCUT2D eigenvalue weighted by molar-refractivity contribution is -0.274. The van der Waals surface area contributed by atoms with Gasteiger partial charge in [-0.15, -0.1) is 13.2 Å². The Kier molecular flexibility index (Phi) is 11.9. The molecule has 9 nitrogen and oxygen atoms in total. The van der Waals surface area contributed by atoms with Crippen molar-refractivity contribution in [1.29, 1.82) is 0 Å². The van der Waals surface area contributed by atoms with Gasteiger partial charge in [0.05, 0.1) is 0 Å². The van der Waals surface area contributed by atoms with E-state index < -0.39 is 12.1 Å². The fourth-order valence-corrected chi connectivity index (χ4v) is 6.33. The first-order valence-electron chi connectivity index (χ1n) is 16.6. The molecule has 0 atom stereocenters. The van der Waals surface area contributed by atoms with E-state index in [0.29, 0.717) is 27.3 Å². The molecule has 0 bridgehead atoms. The smallest absolute Gasteiger partial charge is 0.508 e. The maximum Gasteiger partial charge on any atom is 0.573 e. The van der Waals surface area contributed by atoms with Crippen LogP contribution in [0, 0.1) is 20.8 Å². The van der Waals surface area contributed by atoms with Crippen LogP contribution in [0.1, 0.15) is 27.8 Å². The maximum absolute atomic E-state index is 13.0. The molecule has 0 aromatic heterocycles. The van der Waals surface area contributed by atoms with Crippen LogP contribution in [-0.2, 0) is 0 Å². The Bertz CT molecular complexity index is 2400. The Morgan fingerprint density at radius 2 is 1.02 bits per heavy atom. The van der Waals surface area contributed by atoms with Gasteiger partial charge in [-0.25, -0.2) is 0 Å². The monoisotopic (exact) mass is 768 g/mol. The Morgan fingerprint density at radius 1 is 0.582 bits per heavy atom. The number of ether oxygens (including phenoxy) is 1. The van der Waals surface area contributed by atoms with Gasteiger partial charge >= 0.3 is 6.36 Å². The summed E-state index contributed by atoms with van der Waals surface area (Å²) in [5, 5.41) is 44.5. The molecule has 6 aromatic carbocycles. The van der Waals surface area contributed by atoms with Crippen molar-refractivity contribution >= 4 is 23.3 Å². The van der Waals surface area contributed by atoms with Gasteiger partial charge in [0.2, 0.25) is 0 Å². The fourth-order valence-electron chi connectivity index (χ4n) is 6.12. The lowest BCUT2D eigenvalue weighted by Crippen LogP contribution is -2.19. The largest absolute Gasteiger partial charge is 0.573 e. The zero-order chi connectivity index (χ0) is 40.0. The van der Waals surface area contributed by atoms with Crippen molar-refractivity contribution in [2.45, 2.75) is 27.1 Å². The first kappa shape index (κ1) is 39.5. The van der Waals surface area contributed by atoms with Crippen LogP contribution in [0.15, 0.2) is 126 Å². The minimum atomic E-state index is -4.89. The van der Waals surface area contributed by atoms with Gasteiger partial charge in [0.1, 0.15) is 17.2 Å². The van der Waals surface area contributed by atoms with E-state index in [4.69, 9.17) is 23.1 Å². The highest BCUT2D eigenvalue weighted by Crippen LogP contribution is 2.43. The van der Waals surface area contributed by atoms with Gasteiger partial charge < -0.3 is 36.8 Å². The van der Waals surface area contributed by atoms with E-state index in [1.54, 1.807) is 49.4 Å². The normalized spacial score (nSPS) is 11.8. The van der Waals surface area contributed by atoms with Crippen LogP contribution in [0.3, 0.4) is 0 Å². The van der Waals surface area contributed by atoms with Crippen LogP contribution >= 0.6 is 11.6 Å². The lowest BCUT2D eigenvalue weighted by Gasteiger charge is -2.19. The van der Waals surface area contributed by atoms with E-state index in [9.17, 15) is 33.8 Å². The van der Waals surface area contributed by atoms with Crippen LogP contribution in [0.4, 0.5) is 13.2 Å². The number of phenolic OH excluding ortho intramolecular Hbond substituents is 2. The number of hydrogen-bond donors (Lipinski definition) is 6. The molecule has 0 fully saturated rings. The fraction of sp³-hybridized carbons (Fsp3) is 0.0952. The van der Waals surface area contributed by atoms with E-state index in [0.717, 1.165) is 38.9 Å². The second-order valence-corrected chi connectivity index (χ2v) is 13.0. The van der Waals surface area contributed by atoms with Crippen molar-refractivity contribution in [2.24, 2.45) is 21.8 Å². The third-order valence-electron chi connectivity index (χ3n) is 8.46. The Labute approximate surface area is 319 Å². The molecule has 0 saturated carbocycles. The van der Waals surface area contributed by atoms with Crippen molar-refractivity contribution in [2.75, 3.05) is 0 Å². The molecule has 0 aliphatic carbocycles. The van der Waals surface area contributed by atoms with Crippen molar-refractivity contribution < 1.29 is 38.5 Å². The Morgan fingerprint density at radius 3 is 1.47 bits per heavy atom. The van der Waals surface area contributed by atoms with E-state index in [-0.39, 0.29) is 34.3 Å². The molecule has 0 spiro atoms. The molecule has 8 N–H and O–H groups in total. The van der Waals surface area contributed by atoms with E-state index in [2.05, 4.69) is 15.0 Å². The molecule has 0 saturated heterocycles. The zero-order valence-electron chi connectivity index (χ0n) is 29.7. The summed E-state index contributed by atoms with van der Waals surface area (Å²) in [6.07, 6.45) is -4.89. The molecule has 55 heavy (non-hydrogen) atoms. The number of oxime groups is 2. The molecule has 6 aromatic rings. The summed E-state index contributed by atoms with van der Waals surface area (Å²) < 4.78 is 43.1. The quantitative estimate of drug-likeness (QED) is 0.0407. The van der Waals surface area contributed by atoms with Gasteiger partial charge in [0.25, 0.3) is 0 Å². The average molecular weight is 769 g/mol. The standard InChI is InChI=1S/C21H19ClN2O2.C21H17F3N2O3/c1-12-3-8-19(22)17(9-12)20-16(14-4-6-15(25)7-5-14)10-13(2)11-18(20)21(23)24-26;1-12-10-16(13-6-8-14(27)9-7-13)19(17(11-12)20(25)26-28)15-4-2-3-5-18(15)29-21(22,23)24/h3-11,25-26H,1-2H3,(H2,23,24);2-11,27-28H,1H3,(H2,25,26). The van der Waals surface area contributed by atoms with Crippen LogP contribution in [-0.4, -0.2) is 38.7 Å². The predicted molar refractivity (Wildman–Crippen MR) is 209 cm³/mol. The number of hydrogen-bond acceptors (Lipinski definition) is 7. The molecule has 282 valence electrons. The average Bonchev–Trinajstić information content (AvgIpc) is 3.15. The third kappa shape index (κ3) is 9.29. The summed E-state index contributed by atoms with van der Waals surface area (Å²) in [5.41, 5.74) is 20.4. The highest BCUT2D eigenvalue weighted by Gasteiger charge is 2.33. The minimum Gasteiger partial charge on any atom is -0.508 e. The summed E-state index contributed by atoms with van der Waals surface area (Å²) in [5.74, 6) is -0.434. The van der Waals surface area contributed by atoms with Crippen molar-refractivity contribution in [3.05, 3.63) is 148 Å². The van der Waals surface area contributed by atoms with E-state index in [1.807, 2.05) is 56.3 Å². The van der Waals surface area contributed by atoms with Crippen LogP contribution in [0.25, 0.3) is 44.5 Å². The number of benzene rings is 6. The van der Waals surface area contributed by atoms with E-state index in [1.165, 1.54) is 30.3 Å². The summed E-state index contributed by atoms with van der Waals surface area (Å²) in [6, 6.07) is 31.7. The number of nitrogens with two attached hydrogens (primary N) is 2. The zero-order valence-corrected chi connectivity index (χ0v) is 30.5. The number of halogens is 4. The van der Waals surface area contributed by atoms with Crippen LogP contribution in [0.2, 0.25) is 5.02 Å². The Hall–Kier alpha value is -6.66. The molecule has 13 heteroatoms. The molecular formula is C42H36ClF3N4O5. The Balaban J connectivity index is 0.000000212. The van der Waals surface area contributed by atoms with Gasteiger partial charge in [0, 0.05) is 38.4 Å². The number of aromatic hydroxyl groups is 2. The van der Waals surface area contributed by atoms with E-state index >= 15 is 0 Å². The lowest BCUT2D eigenvalue weighted by atomic mass is 9.88. The van der Waals surface area contributed by atoms with Gasteiger partial charge in [-0.1, -0.05) is 88.1 Å². The van der Waals surface area contributed by atoms with Gasteiger partial charge in [0.15, 0.2) is 11.7 Å². The maximum atomic E-state index is 13.0. The molecule has 0 amide bonds. The van der Waals surface area contributed by atoms with Gasteiger partial charge in [-0.2, -0.15) is 0 Å². The number of aryl methyl sites for hydroxylation is 3. The summed E-state index contributed by atoms with van der Waals surface area (Å²) in [7, 11) is 0. The molecule has 0 unspecified atom stereocenters. The molecule has 0 heterocycles. The number of alkyl halides is 3. The third-order valence-corrected chi connectivity index (χ3v) is 8.79. The second-order valence-electron chi connectivity index (χ2n) is 12.6. The van der Waals surface area contributed by atoms with Gasteiger partial charge in [-0.05, 0) is 109 Å². The highest BCUT2D eigenvalue weighted by atomic mass is 35.5. The van der Waals surface area contributed by atoms with Crippen molar-refractivity contribution in [3.63, 3.8) is 0 Å². The highest BCUT2D eigenvalue weighted by molar-refractivity contribution is 6.34. The molecule has 0 radical (unpaired) electrons. The topological polar surface area (TPSA) is 167 Å². The minimum absolute atomic E-state index is 0.0151. The number of phenols is 2. The summed E-state index contributed by atoms with van der Waals surface area (Å²) >= 11 is 6.49. The van der Waals surface area contributed by atoms with Gasteiger partial charge in [-0.3, -0.25) is 0 Å². The number of rotatable bonds is 7. The molecule has 6 rings (SSSR count). The first-order valence-corrected chi connectivity index (χ1v) is 16.9. The van der Waals surface area contributed by atoms with Crippen molar-refractivity contribution in [1.82, 2.24) is 0 Å². The van der Waals surface area contributed by atoms with Crippen molar-refractivity contribution in [3.8, 4) is 61.8 Å². The van der Waals surface area contributed by atoms with Crippen LogP contribution < -0.4 is 16.2 Å². The first-order chi connectivity index (χ1) is 26.1. The number of amidine groups is 2. The van der Waals surface area contributed by atoms with Crippen LogP contribution in [0.5, 0.6) is 17.2 Å². The number of para-hydroxylation sites is 1. The molecule has 0 aliphatic rings.